The van der Waals surface area contributed by atoms with E-state index >= 15 is 0 Å². The number of rotatable bonds is 5. The highest BCUT2D eigenvalue weighted by Gasteiger charge is 2.24. The summed E-state index contributed by atoms with van der Waals surface area (Å²) >= 11 is 1.65. The number of nitrogens with zero attached hydrogens (tertiary/aromatic N) is 4. The lowest BCUT2D eigenvalue weighted by molar-refractivity contribution is -0.00539. The summed E-state index contributed by atoms with van der Waals surface area (Å²) in [6.07, 6.45) is 1.72. The van der Waals surface area contributed by atoms with Gasteiger partial charge in [0.05, 0.1) is 41.6 Å². The Bertz CT molecular complexity index is 1330. The third kappa shape index (κ3) is 4.53. The Labute approximate surface area is 201 Å². The molecule has 9 heteroatoms. The van der Waals surface area contributed by atoms with Crippen LogP contribution in [0.5, 0.6) is 0 Å². The molecule has 1 aliphatic rings. The number of hydrogen-bond donors (Lipinski definition) is 1. The summed E-state index contributed by atoms with van der Waals surface area (Å²) in [5.41, 5.74) is 2.73. The average molecular weight is 480 g/mol. The van der Waals surface area contributed by atoms with Crippen molar-refractivity contribution < 1.29 is 13.9 Å². The van der Waals surface area contributed by atoms with Gasteiger partial charge in [-0.1, -0.05) is 6.07 Å². The van der Waals surface area contributed by atoms with E-state index in [0.717, 1.165) is 4.88 Å². The van der Waals surface area contributed by atoms with Crippen LogP contribution in [0.1, 0.15) is 34.8 Å². The molecular weight excluding hydrogens is 453 g/mol. The highest BCUT2D eigenvalue weighted by atomic mass is 32.1. The first-order chi connectivity index (χ1) is 16.4. The minimum atomic E-state index is -0.376. The summed E-state index contributed by atoms with van der Waals surface area (Å²) in [5.74, 6) is -0.703. The summed E-state index contributed by atoms with van der Waals surface area (Å²) in [6, 6.07) is 10.6. The number of carbonyl (C=O) groups excluding carboxylic acids is 1. The molecule has 34 heavy (non-hydrogen) atoms. The van der Waals surface area contributed by atoms with Crippen molar-refractivity contribution in [3.8, 4) is 0 Å². The zero-order valence-corrected chi connectivity index (χ0v) is 20.1. The van der Waals surface area contributed by atoms with Crippen LogP contribution >= 0.6 is 11.3 Å². The second kappa shape index (κ2) is 9.15. The fraction of sp³-hybridized carbons (Fsp3) is 0.320. The molecule has 0 bridgehead atoms. The van der Waals surface area contributed by atoms with Crippen LogP contribution in [0, 0.1) is 12.7 Å². The summed E-state index contributed by atoms with van der Waals surface area (Å²) in [7, 11) is 0. The molecule has 0 saturated carbocycles. The largest absolute Gasteiger partial charge is 0.372 e. The Morgan fingerprint density at radius 2 is 2.03 bits per heavy atom. The quantitative estimate of drug-likeness (QED) is 0.443. The number of aromatic nitrogens is 3. The van der Waals surface area contributed by atoms with Gasteiger partial charge >= 0.3 is 0 Å². The van der Waals surface area contributed by atoms with Crippen LogP contribution in [-0.4, -0.2) is 46.0 Å². The molecule has 1 N–H and O–H groups in total. The Morgan fingerprint density at radius 3 is 2.74 bits per heavy atom. The van der Waals surface area contributed by atoms with Crippen LogP contribution in [0.3, 0.4) is 0 Å². The molecule has 0 spiro atoms. The normalized spacial score (nSPS) is 18.4. The van der Waals surface area contributed by atoms with Crippen LogP contribution in [0.4, 0.5) is 15.8 Å². The summed E-state index contributed by atoms with van der Waals surface area (Å²) in [6.45, 7) is 7.64. The number of halogens is 1. The molecule has 2 unspecified atom stereocenters. The smallest absolute Gasteiger partial charge is 0.256 e. The topological polar surface area (TPSA) is 72.3 Å². The number of thiophene rings is 1. The molecule has 0 aliphatic carbocycles. The summed E-state index contributed by atoms with van der Waals surface area (Å²) in [5, 5.41) is 9.97. The van der Waals surface area contributed by atoms with Gasteiger partial charge in [0.25, 0.3) is 5.91 Å². The fourth-order valence-corrected chi connectivity index (χ4v) is 5.13. The SMILES string of the molecule is Cc1cc(C(=O)Nc2ccc(N3CC(C)OC(C)C3)c(F)c2)c2cnn(Cc3cccs3)c2n1. The van der Waals surface area contributed by atoms with Gasteiger partial charge < -0.3 is 15.0 Å². The van der Waals surface area contributed by atoms with Gasteiger partial charge in [0.2, 0.25) is 0 Å². The third-order valence-electron chi connectivity index (χ3n) is 5.83. The second-order valence-corrected chi connectivity index (χ2v) is 9.74. The molecule has 1 amide bonds. The average Bonchev–Trinajstić information content (AvgIpc) is 3.43. The molecular formula is C25H26FN5O2S. The Morgan fingerprint density at radius 1 is 1.24 bits per heavy atom. The predicted octanol–water partition coefficient (Wildman–Crippen LogP) is 4.85. The molecule has 3 aromatic heterocycles. The van der Waals surface area contributed by atoms with Crippen molar-refractivity contribution in [1.29, 1.82) is 0 Å². The highest BCUT2D eigenvalue weighted by molar-refractivity contribution is 7.09. The number of anilines is 2. The summed E-state index contributed by atoms with van der Waals surface area (Å²) < 4.78 is 22.5. The standard InChI is InChI=1S/C25H26FN5O2S/c1-15-9-20(21-11-27-31(24(21)28-15)14-19-5-4-8-34-19)25(32)29-18-6-7-23(22(26)10-18)30-12-16(2)33-17(3)13-30/h4-11,16-17H,12-14H2,1-3H3,(H,29,32). The van der Waals surface area contributed by atoms with E-state index in [1.54, 1.807) is 40.4 Å². The van der Waals surface area contributed by atoms with E-state index < -0.39 is 0 Å². The van der Waals surface area contributed by atoms with Crippen LogP contribution in [0.25, 0.3) is 11.0 Å². The van der Waals surface area contributed by atoms with E-state index in [9.17, 15) is 9.18 Å². The van der Waals surface area contributed by atoms with Crippen molar-refractivity contribution in [2.45, 2.75) is 39.5 Å². The number of ether oxygens (including phenoxy) is 1. The van der Waals surface area contributed by atoms with Crippen molar-refractivity contribution in [3.63, 3.8) is 0 Å². The Kier molecular flexibility index (Phi) is 6.05. The van der Waals surface area contributed by atoms with Crippen molar-refractivity contribution >= 4 is 39.7 Å². The molecule has 2 atom stereocenters. The summed E-state index contributed by atoms with van der Waals surface area (Å²) in [4.78, 5) is 20.9. The first kappa shape index (κ1) is 22.5. The number of carbonyl (C=O) groups is 1. The highest BCUT2D eigenvalue weighted by Crippen LogP contribution is 2.27. The minimum absolute atomic E-state index is 0.0283. The maximum atomic E-state index is 15.0. The lowest BCUT2D eigenvalue weighted by atomic mass is 10.1. The van der Waals surface area contributed by atoms with E-state index in [2.05, 4.69) is 15.4 Å². The molecule has 1 fully saturated rings. The third-order valence-corrected chi connectivity index (χ3v) is 6.69. The number of aryl methyl sites for hydroxylation is 1. The molecule has 4 aromatic rings. The number of pyridine rings is 1. The van der Waals surface area contributed by atoms with Crippen molar-refractivity contribution in [1.82, 2.24) is 14.8 Å². The van der Waals surface area contributed by atoms with Gasteiger partial charge in [0.1, 0.15) is 5.82 Å². The van der Waals surface area contributed by atoms with Crippen molar-refractivity contribution in [2.75, 3.05) is 23.3 Å². The number of amides is 1. The van der Waals surface area contributed by atoms with Crippen LogP contribution in [0.15, 0.2) is 48.0 Å². The van der Waals surface area contributed by atoms with Crippen LogP contribution in [-0.2, 0) is 11.3 Å². The van der Waals surface area contributed by atoms with Crippen molar-refractivity contribution in [2.24, 2.45) is 0 Å². The maximum Gasteiger partial charge on any atom is 0.256 e. The minimum Gasteiger partial charge on any atom is -0.372 e. The number of morpholine rings is 1. The molecule has 176 valence electrons. The molecule has 1 saturated heterocycles. The number of fused-ring (bicyclic) bond motifs is 1. The van der Waals surface area contributed by atoms with Crippen molar-refractivity contribution in [3.05, 3.63) is 69.9 Å². The predicted molar refractivity (Wildman–Crippen MR) is 132 cm³/mol. The van der Waals surface area contributed by atoms with Crippen LogP contribution in [0.2, 0.25) is 0 Å². The van der Waals surface area contributed by atoms with E-state index in [0.29, 0.717) is 53.3 Å². The van der Waals surface area contributed by atoms with Gasteiger partial charge in [-0.3, -0.25) is 4.79 Å². The van der Waals surface area contributed by atoms with E-state index in [4.69, 9.17) is 4.74 Å². The lowest BCUT2D eigenvalue weighted by Gasteiger charge is -2.37. The maximum absolute atomic E-state index is 15.0. The van der Waals surface area contributed by atoms with Gasteiger partial charge in [0, 0.05) is 29.3 Å². The Hall–Kier alpha value is -3.30. The molecule has 1 aliphatic heterocycles. The van der Waals surface area contributed by atoms with E-state index in [-0.39, 0.29) is 23.9 Å². The number of nitrogens with one attached hydrogen (secondary N) is 1. The first-order valence-electron chi connectivity index (χ1n) is 11.2. The van der Waals surface area contributed by atoms with Crippen LogP contribution < -0.4 is 10.2 Å². The van der Waals surface area contributed by atoms with Gasteiger partial charge in [-0.2, -0.15) is 5.10 Å². The second-order valence-electron chi connectivity index (χ2n) is 8.71. The molecule has 1 aromatic carbocycles. The first-order valence-corrected chi connectivity index (χ1v) is 12.1. The van der Waals surface area contributed by atoms with E-state index in [1.807, 2.05) is 43.2 Å². The van der Waals surface area contributed by atoms with Gasteiger partial charge in [0.15, 0.2) is 5.65 Å². The number of hydrogen-bond acceptors (Lipinski definition) is 6. The van der Waals surface area contributed by atoms with Gasteiger partial charge in [-0.15, -0.1) is 11.3 Å². The zero-order valence-electron chi connectivity index (χ0n) is 19.3. The van der Waals surface area contributed by atoms with E-state index in [1.165, 1.54) is 6.07 Å². The molecule has 5 rings (SSSR count). The monoisotopic (exact) mass is 479 g/mol. The number of benzene rings is 1. The Balaban J connectivity index is 1.38. The lowest BCUT2D eigenvalue weighted by Crippen LogP contribution is -2.45. The molecule has 0 radical (unpaired) electrons. The fourth-order valence-electron chi connectivity index (χ4n) is 4.44. The van der Waals surface area contributed by atoms with Gasteiger partial charge in [-0.25, -0.2) is 14.1 Å². The zero-order chi connectivity index (χ0) is 23.8. The van der Waals surface area contributed by atoms with Gasteiger partial charge in [-0.05, 0) is 56.5 Å². The molecule has 4 heterocycles. The molecule has 7 nitrogen and oxygen atoms in total.